The van der Waals surface area contributed by atoms with E-state index in [9.17, 15) is 13.2 Å². The Morgan fingerprint density at radius 2 is 1.83 bits per heavy atom. The molecule has 1 N–H and O–H groups in total. The van der Waals surface area contributed by atoms with Gasteiger partial charge in [-0.05, 0) is 31.2 Å². The second kappa shape index (κ2) is 6.67. The number of benzene rings is 1. The van der Waals surface area contributed by atoms with Crippen molar-refractivity contribution in [3.05, 3.63) is 35.9 Å². The van der Waals surface area contributed by atoms with Gasteiger partial charge in [-0.1, -0.05) is 30.3 Å². The van der Waals surface area contributed by atoms with Gasteiger partial charge in [-0.2, -0.15) is 12.7 Å². The van der Waals surface area contributed by atoms with Crippen molar-refractivity contribution in [1.82, 2.24) is 9.62 Å². The predicted molar refractivity (Wildman–Crippen MR) is 86.2 cm³/mol. The molecule has 2 fully saturated rings. The average Bonchev–Trinajstić information content (AvgIpc) is 2.79. The van der Waals surface area contributed by atoms with Gasteiger partial charge in [0, 0.05) is 28.8 Å². The number of carbonyl (C=O) groups excluding carboxylic acids is 1. The summed E-state index contributed by atoms with van der Waals surface area (Å²) < 4.78 is 29.8. The van der Waals surface area contributed by atoms with E-state index in [4.69, 9.17) is 15.4 Å². The molecule has 2 saturated heterocycles. The number of nitrogens with zero attached hydrogens (tertiary/aromatic N) is 1. The molecule has 2 aliphatic heterocycles. The Balaban J connectivity index is 1.51. The number of halogens is 1. The van der Waals surface area contributed by atoms with Crippen molar-refractivity contribution in [2.45, 2.75) is 50.4 Å². The summed E-state index contributed by atoms with van der Waals surface area (Å²) in [5.41, 5.74) is 0.922. The molecule has 3 atom stereocenters. The predicted octanol–water partition coefficient (Wildman–Crippen LogP) is 2.39. The van der Waals surface area contributed by atoms with Crippen LogP contribution in [0.25, 0.3) is 0 Å². The molecule has 2 heterocycles. The van der Waals surface area contributed by atoms with Gasteiger partial charge in [-0.15, -0.1) is 0 Å². The highest BCUT2D eigenvalue weighted by atomic mass is 35.7. The van der Waals surface area contributed by atoms with Crippen LogP contribution in [0.15, 0.2) is 30.3 Å². The first-order valence-electron chi connectivity index (χ1n) is 7.64. The third-order valence-electron chi connectivity index (χ3n) is 4.45. The van der Waals surface area contributed by atoms with Crippen LogP contribution in [0.4, 0.5) is 4.79 Å². The van der Waals surface area contributed by atoms with Crippen molar-refractivity contribution in [3.63, 3.8) is 0 Å². The van der Waals surface area contributed by atoms with Crippen LogP contribution in [0.1, 0.15) is 31.2 Å². The Labute approximate surface area is 140 Å². The first kappa shape index (κ1) is 16.5. The van der Waals surface area contributed by atoms with Gasteiger partial charge in [0.2, 0.25) is 0 Å². The van der Waals surface area contributed by atoms with E-state index in [-0.39, 0.29) is 24.7 Å². The Morgan fingerprint density at radius 3 is 2.39 bits per heavy atom. The fourth-order valence-corrected chi connectivity index (χ4v) is 5.31. The third kappa shape index (κ3) is 3.97. The number of ether oxygens (including phenoxy) is 1. The minimum atomic E-state index is -3.70. The van der Waals surface area contributed by atoms with E-state index >= 15 is 0 Å². The number of piperidine rings is 1. The maximum Gasteiger partial charge on any atom is 0.407 e. The highest BCUT2D eigenvalue weighted by Crippen LogP contribution is 2.38. The SMILES string of the molecule is O=C(NC1C[C@H]2CC[C@@H](C1)N2S(=O)(=O)Cl)OCc1ccccc1. The Hall–Kier alpha value is -1.31. The topological polar surface area (TPSA) is 75.7 Å². The lowest BCUT2D eigenvalue weighted by atomic mass is 10.00. The molecule has 2 aliphatic rings. The van der Waals surface area contributed by atoms with Crippen LogP contribution in [0.2, 0.25) is 0 Å². The van der Waals surface area contributed by atoms with Gasteiger partial charge in [0.25, 0.3) is 9.24 Å². The quantitative estimate of drug-likeness (QED) is 0.838. The number of nitrogens with one attached hydrogen (secondary N) is 1. The summed E-state index contributed by atoms with van der Waals surface area (Å²) in [6.07, 6.45) is 2.24. The molecule has 1 unspecified atom stereocenters. The number of hydrogen-bond donors (Lipinski definition) is 1. The second-order valence-corrected chi connectivity index (χ2v) is 8.45. The van der Waals surface area contributed by atoms with E-state index in [2.05, 4.69) is 5.32 Å². The zero-order valence-electron chi connectivity index (χ0n) is 12.5. The Morgan fingerprint density at radius 1 is 1.22 bits per heavy atom. The highest BCUT2D eigenvalue weighted by molar-refractivity contribution is 8.11. The standard InChI is InChI=1S/C15H19ClN2O4S/c16-23(20,21)18-13-6-7-14(18)9-12(8-13)17-15(19)22-10-11-4-2-1-3-5-11/h1-5,12-14H,6-10H2,(H,17,19)/t12?,13-,14+. The number of fused-ring (bicyclic) bond motifs is 2. The first-order chi connectivity index (χ1) is 10.9. The number of hydrogen-bond acceptors (Lipinski definition) is 4. The summed E-state index contributed by atoms with van der Waals surface area (Å²) in [4.78, 5) is 11.9. The summed E-state index contributed by atoms with van der Waals surface area (Å²) in [5, 5.41) is 2.84. The molecule has 23 heavy (non-hydrogen) atoms. The molecule has 1 amide bonds. The fourth-order valence-electron chi connectivity index (χ4n) is 3.54. The summed E-state index contributed by atoms with van der Waals surface area (Å²) in [5.74, 6) is 0. The highest BCUT2D eigenvalue weighted by Gasteiger charge is 2.46. The van der Waals surface area contributed by atoms with Gasteiger partial charge in [-0.3, -0.25) is 0 Å². The maximum absolute atomic E-state index is 11.9. The van der Waals surface area contributed by atoms with Gasteiger partial charge in [0.05, 0.1) is 0 Å². The molecule has 0 aliphatic carbocycles. The Bertz CT molecular complexity index is 653. The summed E-state index contributed by atoms with van der Waals surface area (Å²) in [6, 6.07) is 9.11. The van der Waals surface area contributed by atoms with Crippen molar-refractivity contribution < 1.29 is 17.9 Å². The van der Waals surface area contributed by atoms with Crippen LogP contribution >= 0.6 is 10.7 Å². The zero-order chi connectivity index (χ0) is 16.4. The molecule has 0 radical (unpaired) electrons. The fraction of sp³-hybridized carbons (Fsp3) is 0.533. The lowest BCUT2D eigenvalue weighted by Gasteiger charge is -2.36. The smallest absolute Gasteiger partial charge is 0.407 e. The lowest BCUT2D eigenvalue weighted by Crippen LogP contribution is -2.51. The average molecular weight is 359 g/mol. The minimum Gasteiger partial charge on any atom is -0.445 e. The Kier molecular flexibility index (Phi) is 4.79. The normalized spacial score (nSPS) is 27.6. The molecule has 0 spiro atoms. The van der Waals surface area contributed by atoms with E-state index in [1.807, 2.05) is 30.3 Å². The van der Waals surface area contributed by atoms with E-state index in [1.54, 1.807) is 0 Å². The molecule has 3 rings (SSSR count). The molecule has 1 aromatic carbocycles. The number of amides is 1. The van der Waals surface area contributed by atoms with Crippen molar-refractivity contribution in [2.24, 2.45) is 0 Å². The molecule has 8 heteroatoms. The van der Waals surface area contributed by atoms with Gasteiger partial charge < -0.3 is 10.1 Å². The number of alkyl carbamates (subject to hydrolysis) is 1. The molecular formula is C15H19ClN2O4S. The van der Waals surface area contributed by atoms with Crippen molar-refractivity contribution in [2.75, 3.05) is 0 Å². The molecule has 2 bridgehead atoms. The largest absolute Gasteiger partial charge is 0.445 e. The minimum absolute atomic E-state index is 0.0783. The second-order valence-electron chi connectivity index (χ2n) is 6.03. The monoisotopic (exact) mass is 358 g/mol. The van der Waals surface area contributed by atoms with E-state index in [0.29, 0.717) is 12.8 Å². The molecular weight excluding hydrogens is 340 g/mol. The van der Waals surface area contributed by atoms with Crippen LogP contribution in [-0.4, -0.2) is 36.9 Å². The third-order valence-corrected chi connectivity index (χ3v) is 6.03. The van der Waals surface area contributed by atoms with Crippen LogP contribution < -0.4 is 5.32 Å². The summed E-state index contributed by atoms with van der Waals surface area (Å²) >= 11 is 0. The maximum atomic E-state index is 11.9. The van der Waals surface area contributed by atoms with E-state index < -0.39 is 15.3 Å². The molecule has 0 saturated carbocycles. The van der Waals surface area contributed by atoms with Gasteiger partial charge >= 0.3 is 6.09 Å². The molecule has 0 aromatic heterocycles. The zero-order valence-corrected chi connectivity index (χ0v) is 14.1. The molecule has 6 nitrogen and oxygen atoms in total. The summed E-state index contributed by atoms with van der Waals surface area (Å²) in [7, 11) is 1.80. The van der Waals surface area contributed by atoms with Crippen LogP contribution in [0.3, 0.4) is 0 Å². The van der Waals surface area contributed by atoms with Gasteiger partial charge in [0.1, 0.15) is 6.61 Å². The van der Waals surface area contributed by atoms with Crippen LogP contribution in [-0.2, 0) is 20.6 Å². The van der Waals surface area contributed by atoms with Gasteiger partial charge in [0.15, 0.2) is 0 Å². The van der Waals surface area contributed by atoms with E-state index in [0.717, 1.165) is 18.4 Å². The first-order valence-corrected chi connectivity index (χ1v) is 9.90. The van der Waals surface area contributed by atoms with Crippen LogP contribution in [0, 0.1) is 0 Å². The number of rotatable bonds is 4. The lowest BCUT2D eigenvalue weighted by molar-refractivity contribution is 0.126. The molecule has 1 aromatic rings. The number of carbonyl (C=O) groups is 1. The van der Waals surface area contributed by atoms with Crippen molar-refractivity contribution in [3.8, 4) is 0 Å². The van der Waals surface area contributed by atoms with Crippen molar-refractivity contribution >= 4 is 26.0 Å². The van der Waals surface area contributed by atoms with Crippen molar-refractivity contribution in [1.29, 1.82) is 0 Å². The van der Waals surface area contributed by atoms with Gasteiger partial charge in [-0.25, -0.2) is 4.79 Å². The summed E-state index contributed by atoms with van der Waals surface area (Å²) in [6.45, 7) is 0.217. The van der Waals surface area contributed by atoms with E-state index in [1.165, 1.54) is 4.31 Å². The van der Waals surface area contributed by atoms with Crippen LogP contribution in [0.5, 0.6) is 0 Å². The molecule has 126 valence electrons.